The molecule has 0 aromatic heterocycles. The molecule has 0 aliphatic heterocycles. The van der Waals surface area contributed by atoms with E-state index in [-0.39, 0.29) is 6.10 Å². The van der Waals surface area contributed by atoms with Crippen molar-refractivity contribution in [2.24, 2.45) is 0 Å². The Morgan fingerprint density at radius 1 is 1.75 bits per heavy atom. The summed E-state index contributed by atoms with van der Waals surface area (Å²) in [6.07, 6.45) is 7.37. The highest BCUT2D eigenvalue weighted by atomic mass is 16.5. The van der Waals surface area contributed by atoms with E-state index in [0.29, 0.717) is 0 Å². The second-order valence-corrected chi connectivity index (χ2v) is 2.58. The van der Waals surface area contributed by atoms with Gasteiger partial charge in [-0.1, -0.05) is 6.08 Å². The summed E-state index contributed by atoms with van der Waals surface area (Å²) in [5, 5.41) is 0. The van der Waals surface area contributed by atoms with Crippen molar-refractivity contribution in [3.63, 3.8) is 0 Å². The molecule has 0 bridgehead atoms. The summed E-state index contributed by atoms with van der Waals surface area (Å²) in [6, 6.07) is 0. The Hall–Kier alpha value is -1.41. The van der Waals surface area contributed by atoms with Crippen molar-refractivity contribution in [1.29, 1.82) is 0 Å². The van der Waals surface area contributed by atoms with Crippen LogP contribution < -0.4 is 0 Å². The van der Waals surface area contributed by atoms with Crippen LogP contribution in [0.25, 0.3) is 5.53 Å². The normalized spacial score (nSPS) is 21.2. The van der Waals surface area contributed by atoms with Gasteiger partial charge in [-0.05, 0) is 25.3 Å². The van der Waals surface area contributed by atoms with Crippen molar-refractivity contribution in [1.82, 2.24) is 0 Å². The number of allylic oxidation sites excluding steroid dienone is 1. The van der Waals surface area contributed by atoms with E-state index in [4.69, 9.17) is 10.3 Å². The lowest BCUT2D eigenvalue weighted by Crippen LogP contribution is -2.18. The van der Waals surface area contributed by atoms with Crippen LogP contribution in [0.15, 0.2) is 12.2 Å². The van der Waals surface area contributed by atoms with Crippen LogP contribution in [0.2, 0.25) is 0 Å². The molecule has 0 N–H and O–H groups in total. The van der Waals surface area contributed by atoms with Gasteiger partial charge < -0.3 is 10.3 Å². The number of hydrogen-bond acceptors (Lipinski definition) is 2. The van der Waals surface area contributed by atoms with E-state index < -0.39 is 5.97 Å². The molecule has 1 aliphatic rings. The van der Waals surface area contributed by atoms with Crippen LogP contribution in [0.1, 0.15) is 19.3 Å². The molecule has 0 saturated heterocycles. The van der Waals surface area contributed by atoms with Crippen LogP contribution in [-0.2, 0) is 9.53 Å². The highest BCUT2D eigenvalue weighted by Crippen LogP contribution is 2.12. The van der Waals surface area contributed by atoms with E-state index in [1.807, 2.05) is 12.2 Å². The molecular formula is C8H10N2O2. The van der Waals surface area contributed by atoms with Gasteiger partial charge in [0, 0.05) is 0 Å². The van der Waals surface area contributed by atoms with Gasteiger partial charge in [0.25, 0.3) is 0 Å². The SMILES string of the molecule is [N-]=[N+]=CC(=O)OC1C=CCCC1. The van der Waals surface area contributed by atoms with E-state index in [0.717, 1.165) is 25.5 Å². The van der Waals surface area contributed by atoms with Gasteiger partial charge in [0.2, 0.25) is 0 Å². The predicted octanol–water partition coefficient (Wildman–Crippen LogP) is 0.939. The molecule has 4 nitrogen and oxygen atoms in total. The molecule has 0 heterocycles. The molecule has 4 heteroatoms. The predicted molar refractivity (Wildman–Crippen MR) is 42.6 cm³/mol. The van der Waals surface area contributed by atoms with Crippen molar-refractivity contribution < 1.29 is 14.3 Å². The Morgan fingerprint density at radius 2 is 2.58 bits per heavy atom. The average molecular weight is 166 g/mol. The zero-order valence-electron chi connectivity index (χ0n) is 6.64. The molecule has 0 saturated carbocycles. The summed E-state index contributed by atoms with van der Waals surface area (Å²) in [4.78, 5) is 13.3. The van der Waals surface area contributed by atoms with Crippen LogP contribution in [0.5, 0.6) is 0 Å². The lowest BCUT2D eigenvalue weighted by atomic mass is 10.1. The molecule has 0 spiro atoms. The minimum atomic E-state index is -0.603. The highest BCUT2D eigenvalue weighted by molar-refractivity contribution is 6.20. The molecule has 1 unspecified atom stereocenters. The van der Waals surface area contributed by atoms with Crippen LogP contribution in [0, 0.1) is 0 Å². The van der Waals surface area contributed by atoms with Gasteiger partial charge in [-0.3, -0.25) is 0 Å². The minimum absolute atomic E-state index is 0.149. The highest BCUT2D eigenvalue weighted by Gasteiger charge is 2.13. The zero-order chi connectivity index (χ0) is 8.81. The average Bonchev–Trinajstić information content (AvgIpc) is 2.06. The fourth-order valence-corrected chi connectivity index (χ4v) is 1.11. The molecule has 12 heavy (non-hydrogen) atoms. The fraction of sp³-hybridized carbons (Fsp3) is 0.500. The van der Waals surface area contributed by atoms with Gasteiger partial charge in [0.1, 0.15) is 6.10 Å². The third-order valence-corrected chi connectivity index (χ3v) is 1.64. The molecule has 64 valence electrons. The first-order valence-electron chi connectivity index (χ1n) is 3.87. The topological polar surface area (TPSA) is 62.7 Å². The number of carbonyl (C=O) groups excluding carboxylic acids is 1. The van der Waals surface area contributed by atoms with Crippen LogP contribution in [0.3, 0.4) is 0 Å². The Bertz CT molecular complexity index is 241. The Kier molecular flexibility index (Phi) is 3.23. The molecule has 1 atom stereocenters. The molecule has 0 radical (unpaired) electrons. The third-order valence-electron chi connectivity index (χ3n) is 1.64. The summed E-state index contributed by atoms with van der Waals surface area (Å²) in [5.41, 5.74) is 8.02. The standard InChI is InChI=1S/C8H10N2O2/c9-10-6-8(11)12-7-4-2-1-3-5-7/h2,4,6-7H,1,3,5H2. The summed E-state index contributed by atoms with van der Waals surface area (Å²) in [7, 11) is 0. The van der Waals surface area contributed by atoms with Crippen LogP contribution in [-0.4, -0.2) is 23.1 Å². The number of nitrogens with zero attached hydrogens (tertiary/aromatic N) is 2. The third kappa shape index (κ3) is 2.68. The van der Waals surface area contributed by atoms with Crippen molar-refractivity contribution in [3.8, 4) is 0 Å². The van der Waals surface area contributed by atoms with Crippen molar-refractivity contribution in [3.05, 3.63) is 17.7 Å². The Labute approximate surface area is 70.5 Å². The van der Waals surface area contributed by atoms with Crippen molar-refractivity contribution >= 4 is 12.2 Å². The maximum Gasteiger partial charge on any atom is 0.414 e. The summed E-state index contributed by atoms with van der Waals surface area (Å²) in [6.45, 7) is 0. The summed E-state index contributed by atoms with van der Waals surface area (Å²) >= 11 is 0. The number of ether oxygens (including phenoxy) is 1. The van der Waals surface area contributed by atoms with E-state index in [1.54, 1.807) is 0 Å². The largest absolute Gasteiger partial charge is 0.450 e. The molecule has 1 aliphatic carbocycles. The Morgan fingerprint density at radius 3 is 3.17 bits per heavy atom. The fourth-order valence-electron chi connectivity index (χ4n) is 1.11. The first kappa shape index (κ1) is 8.68. The second kappa shape index (κ2) is 4.46. The lowest BCUT2D eigenvalue weighted by Gasteiger charge is -2.14. The molecule has 0 fully saturated rings. The first-order valence-corrected chi connectivity index (χ1v) is 3.87. The summed E-state index contributed by atoms with van der Waals surface area (Å²) in [5.74, 6) is -0.603. The van der Waals surface area contributed by atoms with E-state index in [9.17, 15) is 4.79 Å². The van der Waals surface area contributed by atoms with Crippen LogP contribution >= 0.6 is 0 Å². The monoisotopic (exact) mass is 166 g/mol. The molecule has 0 aromatic rings. The van der Waals surface area contributed by atoms with Gasteiger partial charge in [-0.25, -0.2) is 4.79 Å². The molecule has 1 rings (SSSR count). The minimum Gasteiger partial charge on any atom is -0.450 e. The van der Waals surface area contributed by atoms with Crippen molar-refractivity contribution in [2.75, 3.05) is 0 Å². The second-order valence-electron chi connectivity index (χ2n) is 2.58. The van der Waals surface area contributed by atoms with Gasteiger partial charge in [0.15, 0.2) is 0 Å². The molecule has 0 aromatic carbocycles. The van der Waals surface area contributed by atoms with Crippen LogP contribution in [0.4, 0.5) is 0 Å². The molecule has 0 amide bonds. The Balaban J connectivity index is 2.39. The maximum atomic E-state index is 10.7. The lowest BCUT2D eigenvalue weighted by molar-refractivity contribution is -0.142. The van der Waals surface area contributed by atoms with E-state index in [1.165, 1.54) is 0 Å². The smallest absolute Gasteiger partial charge is 0.414 e. The number of esters is 1. The van der Waals surface area contributed by atoms with Gasteiger partial charge in [-0.15, -0.1) is 0 Å². The van der Waals surface area contributed by atoms with E-state index >= 15 is 0 Å². The van der Waals surface area contributed by atoms with E-state index in [2.05, 4.69) is 4.79 Å². The number of hydrogen-bond donors (Lipinski definition) is 0. The zero-order valence-corrected chi connectivity index (χ0v) is 6.64. The van der Waals surface area contributed by atoms with Gasteiger partial charge >= 0.3 is 12.2 Å². The number of carbonyl (C=O) groups is 1. The maximum absolute atomic E-state index is 10.7. The first-order chi connectivity index (χ1) is 5.83. The molecular weight excluding hydrogens is 156 g/mol. The number of rotatable bonds is 2. The van der Waals surface area contributed by atoms with Crippen molar-refractivity contribution in [2.45, 2.75) is 25.4 Å². The van der Waals surface area contributed by atoms with Gasteiger partial charge in [-0.2, -0.15) is 4.79 Å². The quantitative estimate of drug-likeness (QED) is 0.201. The van der Waals surface area contributed by atoms with Gasteiger partial charge in [0.05, 0.1) is 0 Å². The summed E-state index contributed by atoms with van der Waals surface area (Å²) < 4.78 is 4.90.